The van der Waals surface area contributed by atoms with Gasteiger partial charge in [0.15, 0.2) is 5.16 Å². The predicted octanol–water partition coefficient (Wildman–Crippen LogP) is 5.09. The number of benzene rings is 1. The first-order chi connectivity index (χ1) is 14.8. The van der Waals surface area contributed by atoms with E-state index in [4.69, 9.17) is 9.68 Å². The average molecular weight is 450 g/mol. The Kier molecular flexibility index (Phi) is 7.28. The summed E-state index contributed by atoms with van der Waals surface area (Å²) in [6.07, 6.45) is -2.03. The molecule has 0 aliphatic heterocycles. The zero-order valence-corrected chi connectivity index (χ0v) is 17.7. The fourth-order valence-electron chi connectivity index (χ4n) is 3.11. The van der Waals surface area contributed by atoms with Crippen molar-refractivity contribution in [3.8, 4) is 6.07 Å². The molecular formula is C21H21F3N4O2S. The van der Waals surface area contributed by atoms with Crippen LogP contribution in [-0.4, -0.2) is 32.7 Å². The lowest BCUT2D eigenvalue weighted by atomic mass is 10.2. The van der Waals surface area contributed by atoms with Gasteiger partial charge in [-0.2, -0.15) is 18.4 Å². The Morgan fingerprint density at radius 2 is 2.16 bits per heavy atom. The fraction of sp³-hybridized carbons (Fsp3) is 0.381. The van der Waals surface area contributed by atoms with E-state index in [1.54, 1.807) is 16.7 Å². The van der Waals surface area contributed by atoms with Crippen molar-refractivity contribution < 1.29 is 22.4 Å². The number of amides is 1. The second-order valence-corrected chi connectivity index (χ2v) is 7.78. The van der Waals surface area contributed by atoms with Crippen LogP contribution in [0.25, 0.3) is 11.0 Å². The summed E-state index contributed by atoms with van der Waals surface area (Å²) in [6, 6.07) is 8.96. The number of rotatable bonds is 9. The summed E-state index contributed by atoms with van der Waals surface area (Å²) in [5.74, 6) is 0.447. The number of aromatic nitrogens is 2. The molecule has 0 fully saturated rings. The van der Waals surface area contributed by atoms with Crippen LogP contribution in [0.2, 0.25) is 0 Å². The molecule has 0 bridgehead atoms. The molecule has 0 spiro atoms. The molecule has 0 N–H and O–H groups in total. The van der Waals surface area contributed by atoms with E-state index >= 15 is 0 Å². The van der Waals surface area contributed by atoms with Gasteiger partial charge >= 0.3 is 6.18 Å². The first-order valence-corrected chi connectivity index (χ1v) is 10.7. The standard InChI is InChI=1S/C21H21F3N4O2S/c1-2-9-28-18-12-15(21(22,23)24)6-7-17(18)26-20(28)31-14-19(29)27(10-4-8-25)13-16-5-3-11-30-16/h3,5-7,11-12H,2,4,9-10,13-14H2,1H3. The molecule has 1 aromatic carbocycles. The van der Waals surface area contributed by atoms with Crippen molar-refractivity contribution in [3.05, 3.63) is 47.9 Å². The number of carbonyl (C=O) groups excluding carboxylic acids is 1. The van der Waals surface area contributed by atoms with E-state index in [1.165, 1.54) is 29.0 Å². The predicted molar refractivity (Wildman–Crippen MR) is 110 cm³/mol. The zero-order chi connectivity index (χ0) is 22.4. The van der Waals surface area contributed by atoms with Gasteiger partial charge in [0.25, 0.3) is 0 Å². The number of thioether (sulfide) groups is 1. The topological polar surface area (TPSA) is 75.1 Å². The highest BCUT2D eigenvalue weighted by molar-refractivity contribution is 7.99. The van der Waals surface area contributed by atoms with Crippen molar-refractivity contribution in [2.24, 2.45) is 0 Å². The normalized spacial score (nSPS) is 11.6. The highest BCUT2D eigenvalue weighted by Crippen LogP contribution is 2.33. The molecule has 2 aromatic heterocycles. The van der Waals surface area contributed by atoms with Gasteiger partial charge in [-0.05, 0) is 36.8 Å². The minimum Gasteiger partial charge on any atom is -0.467 e. The maximum absolute atomic E-state index is 13.1. The monoisotopic (exact) mass is 450 g/mol. The van der Waals surface area contributed by atoms with Gasteiger partial charge in [-0.1, -0.05) is 18.7 Å². The van der Waals surface area contributed by atoms with Gasteiger partial charge in [0.2, 0.25) is 5.91 Å². The summed E-state index contributed by atoms with van der Waals surface area (Å²) >= 11 is 1.17. The second-order valence-electron chi connectivity index (χ2n) is 6.84. The molecule has 0 atom stereocenters. The van der Waals surface area contributed by atoms with E-state index in [0.29, 0.717) is 34.9 Å². The van der Waals surface area contributed by atoms with E-state index in [1.807, 2.05) is 13.0 Å². The molecule has 0 aliphatic carbocycles. The number of carbonyl (C=O) groups is 1. The van der Waals surface area contributed by atoms with Crippen LogP contribution in [0.15, 0.2) is 46.2 Å². The van der Waals surface area contributed by atoms with Crippen molar-refractivity contribution in [2.45, 2.75) is 44.2 Å². The molecule has 164 valence electrons. The van der Waals surface area contributed by atoms with Crippen LogP contribution >= 0.6 is 11.8 Å². The Morgan fingerprint density at radius 1 is 1.35 bits per heavy atom. The molecular weight excluding hydrogens is 429 g/mol. The fourth-order valence-corrected chi connectivity index (χ4v) is 4.06. The second kappa shape index (κ2) is 9.92. The van der Waals surface area contributed by atoms with Crippen LogP contribution in [0.1, 0.15) is 31.1 Å². The van der Waals surface area contributed by atoms with Crippen molar-refractivity contribution in [1.29, 1.82) is 5.26 Å². The van der Waals surface area contributed by atoms with Gasteiger partial charge in [0, 0.05) is 13.1 Å². The van der Waals surface area contributed by atoms with Gasteiger partial charge in [-0.15, -0.1) is 0 Å². The van der Waals surface area contributed by atoms with Crippen molar-refractivity contribution in [2.75, 3.05) is 12.3 Å². The lowest BCUT2D eigenvalue weighted by molar-refractivity contribution is -0.137. The van der Waals surface area contributed by atoms with E-state index in [2.05, 4.69) is 4.98 Å². The Labute approximate surface area is 181 Å². The van der Waals surface area contributed by atoms with Gasteiger partial charge in [-0.25, -0.2) is 4.98 Å². The molecule has 0 radical (unpaired) electrons. The highest BCUT2D eigenvalue weighted by atomic mass is 32.2. The molecule has 31 heavy (non-hydrogen) atoms. The third-order valence-corrected chi connectivity index (χ3v) is 5.55. The lowest BCUT2D eigenvalue weighted by Gasteiger charge is -2.20. The molecule has 3 aromatic rings. The Hall–Kier alpha value is -2.93. The SMILES string of the molecule is CCCn1c(SCC(=O)N(CCC#N)Cc2ccco2)nc2ccc(C(F)(F)F)cc21. The number of furan rings is 1. The zero-order valence-electron chi connectivity index (χ0n) is 16.9. The van der Waals surface area contributed by atoms with Crippen LogP contribution in [-0.2, 0) is 24.1 Å². The van der Waals surface area contributed by atoms with Crippen LogP contribution < -0.4 is 0 Å². The molecule has 0 unspecified atom stereocenters. The van der Waals surface area contributed by atoms with Crippen LogP contribution in [0.3, 0.4) is 0 Å². The molecule has 3 rings (SSSR count). The summed E-state index contributed by atoms with van der Waals surface area (Å²) in [6.45, 7) is 2.91. The van der Waals surface area contributed by atoms with Crippen LogP contribution in [0, 0.1) is 11.3 Å². The number of halogens is 3. The summed E-state index contributed by atoms with van der Waals surface area (Å²) in [4.78, 5) is 18.8. The number of imidazole rings is 1. The highest BCUT2D eigenvalue weighted by Gasteiger charge is 2.31. The first-order valence-electron chi connectivity index (χ1n) is 9.71. The van der Waals surface area contributed by atoms with Crippen molar-refractivity contribution in [3.63, 3.8) is 0 Å². The summed E-state index contributed by atoms with van der Waals surface area (Å²) in [5, 5.41) is 9.37. The largest absolute Gasteiger partial charge is 0.467 e. The molecule has 10 heteroatoms. The minimum atomic E-state index is -4.44. The van der Waals surface area contributed by atoms with Crippen molar-refractivity contribution in [1.82, 2.24) is 14.5 Å². The van der Waals surface area contributed by atoms with E-state index in [0.717, 1.165) is 12.1 Å². The van der Waals surface area contributed by atoms with Gasteiger partial charge < -0.3 is 13.9 Å². The lowest BCUT2D eigenvalue weighted by Crippen LogP contribution is -2.32. The third-order valence-electron chi connectivity index (χ3n) is 4.59. The maximum Gasteiger partial charge on any atom is 0.416 e. The number of hydrogen-bond donors (Lipinski definition) is 0. The maximum atomic E-state index is 13.1. The molecule has 2 heterocycles. The van der Waals surface area contributed by atoms with E-state index in [9.17, 15) is 18.0 Å². The van der Waals surface area contributed by atoms with Crippen molar-refractivity contribution >= 4 is 28.7 Å². The van der Waals surface area contributed by atoms with Gasteiger partial charge in [0.1, 0.15) is 5.76 Å². The Balaban J connectivity index is 1.80. The Morgan fingerprint density at radius 3 is 2.81 bits per heavy atom. The number of fused-ring (bicyclic) bond motifs is 1. The number of nitriles is 1. The number of alkyl halides is 3. The summed E-state index contributed by atoms with van der Waals surface area (Å²) in [5.41, 5.74) is 0.114. The summed E-state index contributed by atoms with van der Waals surface area (Å²) in [7, 11) is 0. The number of hydrogen-bond acceptors (Lipinski definition) is 5. The van der Waals surface area contributed by atoms with E-state index in [-0.39, 0.29) is 31.2 Å². The van der Waals surface area contributed by atoms with Crippen LogP contribution in [0.4, 0.5) is 13.2 Å². The van der Waals surface area contributed by atoms with E-state index < -0.39 is 11.7 Å². The minimum absolute atomic E-state index is 0.0469. The molecule has 6 nitrogen and oxygen atoms in total. The first kappa shape index (κ1) is 22.7. The summed E-state index contributed by atoms with van der Waals surface area (Å²) < 4.78 is 46.4. The average Bonchev–Trinajstić information content (AvgIpc) is 3.36. The van der Waals surface area contributed by atoms with Gasteiger partial charge in [0.05, 0.1) is 47.6 Å². The molecule has 1 amide bonds. The molecule has 0 aliphatic rings. The Bertz CT molecular complexity index is 1070. The number of aryl methyl sites for hydroxylation is 1. The third kappa shape index (κ3) is 5.61. The quantitative estimate of drug-likeness (QED) is 0.425. The molecule has 0 saturated heterocycles. The smallest absolute Gasteiger partial charge is 0.416 e. The molecule has 0 saturated carbocycles. The number of nitrogens with zero attached hydrogens (tertiary/aromatic N) is 4. The van der Waals surface area contributed by atoms with Crippen LogP contribution in [0.5, 0.6) is 0 Å². The van der Waals surface area contributed by atoms with Gasteiger partial charge in [-0.3, -0.25) is 4.79 Å².